The lowest BCUT2D eigenvalue weighted by Gasteiger charge is -2.30. The van der Waals surface area contributed by atoms with Gasteiger partial charge in [-0.15, -0.1) is 0 Å². The Bertz CT molecular complexity index is 2420. The zero-order chi connectivity index (χ0) is 34.1. The summed E-state index contributed by atoms with van der Waals surface area (Å²) in [5, 5.41) is 4.27. The highest BCUT2D eigenvalue weighted by atomic mass is 32.1. The van der Waals surface area contributed by atoms with Gasteiger partial charge in [0.05, 0.1) is 22.9 Å². The smallest absolute Gasteiger partial charge is 0.271 e. The molecule has 1 atom stereocenters. The first-order chi connectivity index (χ1) is 23.9. The summed E-state index contributed by atoms with van der Waals surface area (Å²) in [6.45, 7) is 7.30. The van der Waals surface area contributed by atoms with E-state index in [0.717, 1.165) is 33.2 Å². The van der Waals surface area contributed by atoms with E-state index in [1.165, 1.54) is 22.1 Å². The van der Waals surface area contributed by atoms with E-state index in [2.05, 4.69) is 24.3 Å². The number of rotatable bonds is 9. The van der Waals surface area contributed by atoms with Crippen LogP contribution in [0.2, 0.25) is 0 Å². The van der Waals surface area contributed by atoms with Gasteiger partial charge in [0.2, 0.25) is 0 Å². The third kappa shape index (κ3) is 5.93. The molecule has 0 spiro atoms. The fourth-order valence-corrected chi connectivity index (χ4v) is 7.72. The van der Waals surface area contributed by atoms with Crippen molar-refractivity contribution >= 4 is 44.9 Å². The molecule has 1 amide bonds. The van der Waals surface area contributed by atoms with E-state index < -0.39 is 6.04 Å². The van der Waals surface area contributed by atoms with E-state index in [0.29, 0.717) is 46.0 Å². The molecule has 5 aromatic carbocycles. The first kappa shape index (κ1) is 32.1. The van der Waals surface area contributed by atoms with E-state index in [1.807, 2.05) is 106 Å². The summed E-state index contributed by atoms with van der Waals surface area (Å²) in [5.41, 5.74) is 3.61. The Kier molecular flexibility index (Phi) is 8.89. The van der Waals surface area contributed by atoms with Crippen LogP contribution in [0.3, 0.4) is 0 Å². The van der Waals surface area contributed by atoms with Crippen molar-refractivity contribution < 1.29 is 14.3 Å². The highest BCUT2D eigenvalue weighted by Gasteiger charge is 2.36. The third-order valence-electron chi connectivity index (χ3n) is 9.18. The van der Waals surface area contributed by atoms with Gasteiger partial charge in [-0.1, -0.05) is 96.3 Å². The van der Waals surface area contributed by atoms with Crippen LogP contribution in [0, 0.1) is 0 Å². The number of hydrogen-bond acceptors (Lipinski definition) is 6. The van der Waals surface area contributed by atoms with E-state index in [1.54, 1.807) is 16.6 Å². The van der Waals surface area contributed by atoms with Crippen molar-refractivity contribution in [1.82, 2.24) is 9.47 Å². The second-order valence-electron chi connectivity index (χ2n) is 12.0. The van der Waals surface area contributed by atoms with Gasteiger partial charge in [0.25, 0.3) is 11.5 Å². The molecule has 1 aliphatic heterocycles. The molecule has 0 aliphatic carbocycles. The topological polar surface area (TPSA) is 73.1 Å². The number of nitrogens with zero attached hydrogens (tertiary/aromatic N) is 3. The molecule has 246 valence electrons. The number of carbonyl (C=O) groups excluding carboxylic acids is 1. The predicted molar refractivity (Wildman–Crippen MR) is 197 cm³/mol. The second kappa shape index (κ2) is 13.6. The van der Waals surface area contributed by atoms with Crippen LogP contribution in [0.15, 0.2) is 124 Å². The minimum atomic E-state index is -0.725. The number of amides is 1. The molecule has 0 bridgehead atoms. The maximum Gasteiger partial charge on any atom is 0.271 e. The lowest BCUT2D eigenvalue weighted by Crippen LogP contribution is -2.43. The van der Waals surface area contributed by atoms with Crippen LogP contribution < -0.4 is 24.4 Å². The third-order valence-corrected chi connectivity index (χ3v) is 10.2. The number of ether oxygens (including phenoxy) is 2. The molecule has 0 saturated carbocycles. The minimum Gasteiger partial charge on any atom is -0.496 e. The molecule has 0 saturated heterocycles. The maximum absolute atomic E-state index is 14.4. The number of benzene rings is 5. The maximum atomic E-state index is 14.4. The van der Waals surface area contributed by atoms with E-state index in [9.17, 15) is 9.59 Å². The van der Waals surface area contributed by atoms with Gasteiger partial charge in [0, 0.05) is 18.7 Å². The number of likely N-dealkylation sites (N-methyl/N-ethyl adjacent to an activating group) is 1. The lowest BCUT2D eigenvalue weighted by atomic mass is 9.90. The quantitative estimate of drug-likeness (QED) is 0.167. The summed E-state index contributed by atoms with van der Waals surface area (Å²) >= 11 is 1.32. The molecule has 1 aromatic heterocycles. The summed E-state index contributed by atoms with van der Waals surface area (Å²) in [6.07, 6.45) is 1.88. The zero-order valence-electron chi connectivity index (χ0n) is 28.0. The fraction of sp³-hybridized carbons (Fsp3) is 0.195. The van der Waals surface area contributed by atoms with Gasteiger partial charge in [-0.25, -0.2) is 4.99 Å². The number of thiazole rings is 1. The fourth-order valence-electron chi connectivity index (χ4n) is 6.68. The van der Waals surface area contributed by atoms with Crippen molar-refractivity contribution in [1.29, 1.82) is 0 Å². The number of allylic oxidation sites excluding steroid dienone is 1. The van der Waals surface area contributed by atoms with Gasteiger partial charge >= 0.3 is 0 Å². The van der Waals surface area contributed by atoms with Crippen LogP contribution in [0.1, 0.15) is 43.5 Å². The zero-order valence-corrected chi connectivity index (χ0v) is 28.8. The Morgan fingerprint density at radius 3 is 2.27 bits per heavy atom. The van der Waals surface area contributed by atoms with Gasteiger partial charge in [0.1, 0.15) is 24.1 Å². The molecule has 7 nitrogen and oxygen atoms in total. The van der Waals surface area contributed by atoms with E-state index in [-0.39, 0.29) is 11.5 Å². The Balaban J connectivity index is 1.29. The molecule has 49 heavy (non-hydrogen) atoms. The molecule has 0 N–H and O–H groups in total. The first-order valence-corrected chi connectivity index (χ1v) is 17.3. The van der Waals surface area contributed by atoms with Crippen LogP contribution in [0.25, 0.3) is 27.6 Å². The van der Waals surface area contributed by atoms with Gasteiger partial charge in [-0.3, -0.25) is 14.2 Å². The highest BCUT2D eigenvalue weighted by Crippen LogP contribution is 2.40. The second-order valence-corrected chi connectivity index (χ2v) is 13.0. The van der Waals surface area contributed by atoms with Crippen LogP contribution in [-0.2, 0) is 11.4 Å². The molecule has 7 rings (SSSR count). The van der Waals surface area contributed by atoms with Crippen molar-refractivity contribution in [3.8, 4) is 11.5 Å². The normalized spacial score (nSPS) is 14.5. The molecule has 0 fully saturated rings. The van der Waals surface area contributed by atoms with Crippen molar-refractivity contribution in [2.75, 3.05) is 20.2 Å². The minimum absolute atomic E-state index is 0.139. The molecule has 0 radical (unpaired) electrons. The Morgan fingerprint density at radius 1 is 0.878 bits per heavy atom. The van der Waals surface area contributed by atoms with Crippen LogP contribution in [0.4, 0.5) is 0 Å². The highest BCUT2D eigenvalue weighted by molar-refractivity contribution is 7.07. The van der Waals surface area contributed by atoms with Gasteiger partial charge in [0.15, 0.2) is 4.80 Å². The van der Waals surface area contributed by atoms with Crippen LogP contribution >= 0.6 is 11.3 Å². The number of fused-ring (bicyclic) bond motifs is 3. The largest absolute Gasteiger partial charge is 0.496 e. The van der Waals surface area contributed by atoms with Crippen molar-refractivity contribution in [2.45, 2.75) is 33.4 Å². The molecule has 6 aromatic rings. The van der Waals surface area contributed by atoms with Crippen molar-refractivity contribution in [2.24, 2.45) is 4.99 Å². The lowest BCUT2D eigenvalue weighted by molar-refractivity contribution is -0.127. The Morgan fingerprint density at radius 2 is 1.55 bits per heavy atom. The first-order valence-electron chi connectivity index (χ1n) is 16.5. The van der Waals surface area contributed by atoms with Crippen molar-refractivity contribution in [3.05, 3.63) is 151 Å². The molecule has 8 heteroatoms. The molecule has 2 heterocycles. The Hall–Kier alpha value is -5.47. The SMILES string of the molecule is CCN(CC)C(=O)C1=C(C)N=c2s/c(=C/c3ccc(OCc4cccc5ccccc45)cc3)c(=O)n2[C@H]1c1c(OC)ccc2ccccc12. The van der Waals surface area contributed by atoms with Gasteiger partial charge < -0.3 is 14.4 Å². The van der Waals surface area contributed by atoms with Crippen LogP contribution in [0.5, 0.6) is 11.5 Å². The summed E-state index contributed by atoms with van der Waals surface area (Å²) in [7, 11) is 1.62. The summed E-state index contributed by atoms with van der Waals surface area (Å²) in [6, 6.07) is 33.4. The summed E-state index contributed by atoms with van der Waals surface area (Å²) in [4.78, 5) is 35.8. The number of hydrogen-bond donors (Lipinski definition) is 0. The standard InChI is InChI=1S/C41H37N3O4S/c1-5-43(6-2)40(46)36-26(3)42-41-44(38(36)37-33-17-10-8-13-29(33)20-23-34(37)47-4)39(45)35(49-41)24-27-18-21-31(22-19-27)48-25-30-15-11-14-28-12-7-9-16-32(28)30/h7-24,38H,5-6,25H2,1-4H3/b35-24+/t38-/m1/s1. The molecular formula is C41H37N3O4S. The number of carbonyl (C=O) groups is 1. The van der Waals surface area contributed by atoms with Crippen LogP contribution in [-0.4, -0.2) is 35.6 Å². The predicted octanol–water partition coefficient (Wildman–Crippen LogP) is 7.00. The molecule has 0 unspecified atom stereocenters. The average molecular weight is 668 g/mol. The molecular weight excluding hydrogens is 631 g/mol. The summed E-state index contributed by atoms with van der Waals surface area (Å²) in [5.74, 6) is 1.21. The Labute approximate surface area is 288 Å². The van der Waals surface area contributed by atoms with Gasteiger partial charge in [-0.05, 0) is 77.7 Å². The average Bonchev–Trinajstić information content (AvgIpc) is 3.44. The van der Waals surface area contributed by atoms with E-state index in [4.69, 9.17) is 14.5 Å². The number of aromatic nitrogens is 1. The number of methoxy groups -OCH3 is 1. The monoisotopic (exact) mass is 667 g/mol. The summed E-state index contributed by atoms with van der Waals surface area (Å²) < 4.78 is 14.3. The van der Waals surface area contributed by atoms with E-state index >= 15 is 0 Å². The molecule has 1 aliphatic rings. The van der Waals surface area contributed by atoms with Gasteiger partial charge in [-0.2, -0.15) is 0 Å². The van der Waals surface area contributed by atoms with Crippen molar-refractivity contribution in [3.63, 3.8) is 0 Å².